The molecule has 4 rings (SSSR count). The molecule has 0 unspecified atom stereocenters. The van der Waals surface area contributed by atoms with Gasteiger partial charge in [0.2, 0.25) is 0 Å². The second-order valence-electron chi connectivity index (χ2n) is 6.99. The topological polar surface area (TPSA) is 21.6 Å². The lowest BCUT2D eigenvalue weighted by Crippen LogP contribution is -2.05. The van der Waals surface area contributed by atoms with E-state index in [9.17, 15) is 0 Å². The third-order valence-electron chi connectivity index (χ3n) is 5.02. The average molecular weight is 376 g/mol. The molecular formula is C24H22ClNO. The first-order valence-corrected chi connectivity index (χ1v) is 9.70. The van der Waals surface area contributed by atoms with Crippen molar-refractivity contribution in [1.29, 1.82) is 0 Å². The van der Waals surface area contributed by atoms with Crippen LogP contribution in [0.1, 0.15) is 29.5 Å². The predicted molar refractivity (Wildman–Crippen MR) is 112 cm³/mol. The predicted octanol–water partition coefficient (Wildman–Crippen LogP) is 6.65. The number of hydrogen-bond donors (Lipinski definition) is 0. The lowest BCUT2D eigenvalue weighted by atomic mass is 9.97. The van der Waals surface area contributed by atoms with Gasteiger partial charge in [-0.25, -0.2) is 0 Å². The molecule has 3 aromatic carbocycles. The molecule has 0 saturated heterocycles. The van der Waals surface area contributed by atoms with Crippen LogP contribution in [0, 0.1) is 12.8 Å². The summed E-state index contributed by atoms with van der Waals surface area (Å²) >= 11 is 6.01. The molecule has 0 amide bonds. The van der Waals surface area contributed by atoms with Crippen molar-refractivity contribution >= 4 is 17.3 Å². The Morgan fingerprint density at radius 2 is 1.70 bits per heavy atom. The lowest BCUT2D eigenvalue weighted by Gasteiger charge is -2.12. The summed E-state index contributed by atoms with van der Waals surface area (Å²) < 4.78 is 0. The fourth-order valence-corrected chi connectivity index (χ4v) is 3.41. The molecule has 0 radical (unpaired) electrons. The van der Waals surface area contributed by atoms with Crippen LogP contribution in [0.5, 0.6) is 0 Å². The van der Waals surface area contributed by atoms with Crippen molar-refractivity contribution in [2.24, 2.45) is 11.1 Å². The van der Waals surface area contributed by atoms with Gasteiger partial charge in [0.15, 0.2) is 0 Å². The third kappa shape index (κ3) is 4.23. The first-order valence-electron chi connectivity index (χ1n) is 9.32. The van der Waals surface area contributed by atoms with E-state index in [0.29, 0.717) is 12.5 Å². The fraction of sp³-hybridized carbons (Fsp3) is 0.208. The average Bonchev–Trinajstić information content (AvgIpc) is 3.53. The third-order valence-corrected chi connectivity index (χ3v) is 5.27. The number of halogens is 1. The van der Waals surface area contributed by atoms with Gasteiger partial charge in [0.1, 0.15) is 6.61 Å². The highest BCUT2D eigenvalue weighted by molar-refractivity contribution is 6.30. The number of oxime groups is 1. The molecule has 0 aromatic heterocycles. The van der Waals surface area contributed by atoms with Gasteiger partial charge in [-0.15, -0.1) is 0 Å². The Bertz CT molecular complexity index is 944. The molecule has 0 aliphatic heterocycles. The summed E-state index contributed by atoms with van der Waals surface area (Å²) in [5.41, 5.74) is 6.98. The zero-order valence-corrected chi connectivity index (χ0v) is 16.1. The summed E-state index contributed by atoms with van der Waals surface area (Å²) in [5.74, 6) is 0.503. The van der Waals surface area contributed by atoms with Crippen molar-refractivity contribution in [3.63, 3.8) is 0 Å². The van der Waals surface area contributed by atoms with E-state index < -0.39 is 0 Å². The Morgan fingerprint density at radius 3 is 2.41 bits per heavy atom. The minimum absolute atomic E-state index is 0.469. The minimum atomic E-state index is 0.469. The van der Waals surface area contributed by atoms with Crippen LogP contribution in [-0.2, 0) is 11.4 Å². The maximum atomic E-state index is 6.01. The Labute approximate surface area is 165 Å². The number of nitrogens with zero attached hydrogens (tertiary/aromatic N) is 1. The van der Waals surface area contributed by atoms with Gasteiger partial charge in [0, 0.05) is 10.9 Å². The minimum Gasteiger partial charge on any atom is -0.391 e. The van der Waals surface area contributed by atoms with Gasteiger partial charge in [-0.1, -0.05) is 77.4 Å². The standard InChI is InChI=1S/C24H22ClNO/c1-17-21(8-5-9-23(17)18-6-3-2-4-7-18)16-27-26-24(19-10-11-19)20-12-14-22(25)15-13-20/h2-9,12-15,19H,10-11,16H2,1H3. The molecule has 136 valence electrons. The molecule has 0 N–H and O–H groups in total. The number of benzene rings is 3. The van der Waals surface area contributed by atoms with Crippen LogP contribution in [0.3, 0.4) is 0 Å². The van der Waals surface area contributed by atoms with Crippen molar-refractivity contribution in [2.75, 3.05) is 0 Å². The van der Waals surface area contributed by atoms with Gasteiger partial charge < -0.3 is 4.84 Å². The largest absolute Gasteiger partial charge is 0.391 e. The molecule has 1 aliphatic rings. The van der Waals surface area contributed by atoms with Crippen molar-refractivity contribution in [3.05, 3.63) is 94.5 Å². The highest BCUT2D eigenvalue weighted by atomic mass is 35.5. The van der Waals surface area contributed by atoms with Gasteiger partial charge in [0.05, 0.1) is 5.71 Å². The Morgan fingerprint density at radius 1 is 0.963 bits per heavy atom. The summed E-state index contributed by atoms with van der Waals surface area (Å²) in [4.78, 5) is 5.79. The van der Waals surface area contributed by atoms with Crippen molar-refractivity contribution in [1.82, 2.24) is 0 Å². The quantitative estimate of drug-likeness (QED) is 0.349. The van der Waals surface area contributed by atoms with Crippen LogP contribution in [0.25, 0.3) is 11.1 Å². The molecule has 0 spiro atoms. The van der Waals surface area contributed by atoms with Crippen molar-refractivity contribution in [3.8, 4) is 11.1 Å². The SMILES string of the molecule is Cc1c(CON=C(c2ccc(Cl)cc2)C2CC2)cccc1-c1ccccc1. The Kier molecular flexibility index (Phi) is 5.26. The summed E-state index contributed by atoms with van der Waals surface area (Å²) in [6.07, 6.45) is 2.35. The molecule has 27 heavy (non-hydrogen) atoms. The Balaban J connectivity index is 1.53. The summed E-state index contributed by atoms with van der Waals surface area (Å²) in [6, 6.07) is 24.6. The van der Waals surface area contributed by atoms with E-state index in [1.165, 1.54) is 29.5 Å². The monoisotopic (exact) mass is 375 g/mol. The van der Waals surface area contributed by atoms with Gasteiger partial charge in [-0.2, -0.15) is 0 Å². The van der Waals surface area contributed by atoms with E-state index in [-0.39, 0.29) is 0 Å². The highest BCUT2D eigenvalue weighted by Gasteiger charge is 2.29. The molecule has 0 atom stereocenters. The zero-order valence-electron chi connectivity index (χ0n) is 15.4. The van der Waals surface area contributed by atoms with E-state index in [2.05, 4.69) is 54.5 Å². The zero-order chi connectivity index (χ0) is 18.6. The molecule has 2 nitrogen and oxygen atoms in total. The molecule has 0 heterocycles. The van der Waals surface area contributed by atoms with E-state index >= 15 is 0 Å². The highest BCUT2D eigenvalue weighted by Crippen LogP contribution is 2.34. The first-order chi connectivity index (χ1) is 13.2. The summed E-state index contributed by atoms with van der Waals surface area (Å²) in [5, 5.41) is 5.24. The normalized spacial score (nSPS) is 14.2. The van der Waals surface area contributed by atoms with E-state index in [4.69, 9.17) is 16.4 Å². The summed E-state index contributed by atoms with van der Waals surface area (Å²) in [6.45, 7) is 2.61. The summed E-state index contributed by atoms with van der Waals surface area (Å²) in [7, 11) is 0. The van der Waals surface area contributed by atoms with Crippen LogP contribution < -0.4 is 0 Å². The first kappa shape index (κ1) is 17.8. The molecule has 1 aliphatic carbocycles. The van der Waals surface area contributed by atoms with Crippen molar-refractivity contribution < 1.29 is 4.84 Å². The molecule has 0 bridgehead atoms. The smallest absolute Gasteiger partial charge is 0.142 e. The number of hydrogen-bond acceptors (Lipinski definition) is 2. The molecule has 1 saturated carbocycles. The van der Waals surface area contributed by atoms with Crippen LogP contribution in [0.4, 0.5) is 0 Å². The molecule has 3 heteroatoms. The second kappa shape index (κ2) is 7.98. The van der Waals surface area contributed by atoms with Gasteiger partial charge in [-0.05, 0) is 59.7 Å². The fourth-order valence-electron chi connectivity index (χ4n) is 3.28. The van der Waals surface area contributed by atoms with E-state index in [0.717, 1.165) is 21.9 Å². The van der Waals surface area contributed by atoms with E-state index in [1.54, 1.807) is 0 Å². The van der Waals surface area contributed by atoms with Crippen LogP contribution in [0.15, 0.2) is 78.0 Å². The van der Waals surface area contributed by atoms with Crippen molar-refractivity contribution in [2.45, 2.75) is 26.4 Å². The lowest BCUT2D eigenvalue weighted by molar-refractivity contribution is 0.129. The van der Waals surface area contributed by atoms with Crippen LogP contribution in [0.2, 0.25) is 5.02 Å². The van der Waals surface area contributed by atoms with Crippen LogP contribution in [-0.4, -0.2) is 5.71 Å². The van der Waals surface area contributed by atoms with Gasteiger partial charge in [-0.3, -0.25) is 0 Å². The van der Waals surface area contributed by atoms with Gasteiger partial charge >= 0.3 is 0 Å². The molecule has 1 fully saturated rings. The molecular weight excluding hydrogens is 354 g/mol. The van der Waals surface area contributed by atoms with Crippen LogP contribution >= 0.6 is 11.6 Å². The van der Waals surface area contributed by atoms with Gasteiger partial charge in [0.25, 0.3) is 0 Å². The maximum Gasteiger partial charge on any atom is 0.142 e. The molecule has 3 aromatic rings. The Hall–Kier alpha value is -2.58. The second-order valence-corrected chi connectivity index (χ2v) is 7.42. The van der Waals surface area contributed by atoms with E-state index in [1.807, 2.05) is 30.3 Å². The number of rotatable bonds is 6. The maximum absolute atomic E-state index is 6.01.